The molecule has 0 radical (unpaired) electrons. The Hall–Kier alpha value is -3.35. The van der Waals surface area contributed by atoms with Crippen LogP contribution in [-0.2, 0) is 6.54 Å². The lowest BCUT2D eigenvalue weighted by atomic mass is 10.00. The summed E-state index contributed by atoms with van der Waals surface area (Å²) in [5, 5.41) is 11.6. The number of ether oxygens (including phenoxy) is 1. The second-order valence-electron chi connectivity index (χ2n) is 8.80. The van der Waals surface area contributed by atoms with Gasteiger partial charge >= 0.3 is 0 Å². The summed E-state index contributed by atoms with van der Waals surface area (Å²) in [7, 11) is 3.86. The lowest BCUT2D eigenvalue weighted by Crippen LogP contribution is -2.28. The molecule has 4 aromatic rings. The van der Waals surface area contributed by atoms with Crippen molar-refractivity contribution in [3.63, 3.8) is 0 Å². The largest absolute Gasteiger partial charge is 0.508 e. The van der Waals surface area contributed by atoms with Crippen molar-refractivity contribution in [1.29, 1.82) is 0 Å². The van der Waals surface area contributed by atoms with Crippen molar-refractivity contribution in [3.8, 4) is 33.8 Å². The number of H-pyrrole nitrogens is 1. The van der Waals surface area contributed by atoms with E-state index >= 15 is 0 Å². The summed E-state index contributed by atoms with van der Waals surface area (Å²) < 4.78 is 5.58. The zero-order valence-electron chi connectivity index (χ0n) is 19.2. The number of aromatic amines is 1. The van der Waals surface area contributed by atoms with E-state index in [0.717, 1.165) is 83.7 Å². The number of phenolic OH excluding ortho intramolecular Hbond substituents is 1. The minimum atomic E-state index is 0.349. The second kappa shape index (κ2) is 9.25. The number of hydrogen-bond acceptors (Lipinski definition) is 5. The fraction of sp³-hybridized carbons (Fsp3) is 0.296. The molecule has 3 heterocycles. The smallest absolute Gasteiger partial charge is 0.137 e. The number of pyridine rings is 1. The summed E-state index contributed by atoms with van der Waals surface area (Å²) in [4.78, 5) is 12.8. The summed E-state index contributed by atoms with van der Waals surface area (Å²) in [5.74, 6) is 1.18. The van der Waals surface area contributed by atoms with Gasteiger partial charge in [0, 0.05) is 59.7 Å². The first kappa shape index (κ1) is 21.5. The van der Waals surface area contributed by atoms with Gasteiger partial charge in [-0.15, -0.1) is 0 Å². The van der Waals surface area contributed by atoms with Crippen LogP contribution in [0.1, 0.15) is 12.0 Å². The third-order valence-corrected chi connectivity index (χ3v) is 6.55. The average molecular weight is 443 g/mol. The topological polar surface area (TPSA) is 64.6 Å². The van der Waals surface area contributed by atoms with E-state index in [0.29, 0.717) is 5.75 Å². The Bertz CT molecular complexity index is 1270. The van der Waals surface area contributed by atoms with Gasteiger partial charge in [0.05, 0.1) is 7.11 Å². The van der Waals surface area contributed by atoms with E-state index in [4.69, 9.17) is 4.74 Å². The van der Waals surface area contributed by atoms with E-state index in [2.05, 4.69) is 45.0 Å². The number of nitrogens with one attached hydrogen (secondary N) is 1. The molecule has 6 nitrogen and oxygen atoms in total. The van der Waals surface area contributed by atoms with Crippen molar-refractivity contribution >= 4 is 11.0 Å². The number of para-hydroxylation sites is 1. The zero-order chi connectivity index (χ0) is 22.8. The molecule has 1 aliphatic heterocycles. The van der Waals surface area contributed by atoms with Gasteiger partial charge in [0.25, 0.3) is 0 Å². The predicted octanol–water partition coefficient (Wildman–Crippen LogP) is 4.75. The fourth-order valence-electron chi connectivity index (χ4n) is 4.64. The Morgan fingerprint density at radius 3 is 2.76 bits per heavy atom. The van der Waals surface area contributed by atoms with E-state index in [-0.39, 0.29) is 0 Å². The van der Waals surface area contributed by atoms with Gasteiger partial charge in [-0.3, -0.25) is 4.90 Å². The van der Waals surface area contributed by atoms with E-state index < -0.39 is 0 Å². The number of nitrogens with zero attached hydrogens (tertiary/aromatic N) is 3. The maximum Gasteiger partial charge on any atom is 0.137 e. The summed E-state index contributed by atoms with van der Waals surface area (Å²) >= 11 is 0. The number of methoxy groups -OCH3 is 1. The standard InChI is InChI=1S/C27H30N4O2/c1-30-10-5-11-31(13-12-30)18-21-14-19(8-9-25(21)32)20-15-23-24(17-29-27(23)28-16-20)22-6-3-4-7-26(22)33-2/h3-4,6-9,14-17,32H,5,10-13,18H2,1-2H3,(H,28,29). The summed E-state index contributed by atoms with van der Waals surface area (Å²) in [6.07, 6.45) is 5.02. The maximum absolute atomic E-state index is 10.6. The number of aromatic hydroxyl groups is 1. The summed E-state index contributed by atoms with van der Waals surface area (Å²) in [5.41, 5.74) is 5.96. The minimum Gasteiger partial charge on any atom is -0.508 e. The van der Waals surface area contributed by atoms with Gasteiger partial charge in [0.1, 0.15) is 17.1 Å². The fourth-order valence-corrected chi connectivity index (χ4v) is 4.64. The first-order chi connectivity index (χ1) is 16.1. The van der Waals surface area contributed by atoms with Crippen LogP contribution in [0.15, 0.2) is 60.9 Å². The maximum atomic E-state index is 10.6. The number of benzene rings is 2. The second-order valence-corrected chi connectivity index (χ2v) is 8.80. The van der Waals surface area contributed by atoms with Crippen molar-refractivity contribution in [3.05, 3.63) is 66.5 Å². The molecule has 6 heteroatoms. The highest BCUT2D eigenvalue weighted by Gasteiger charge is 2.16. The number of rotatable bonds is 5. The van der Waals surface area contributed by atoms with Gasteiger partial charge < -0.3 is 19.7 Å². The molecule has 0 bridgehead atoms. The molecular weight excluding hydrogens is 412 g/mol. The highest BCUT2D eigenvalue weighted by molar-refractivity contribution is 5.97. The van der Waals surface area contributed by atoms with Crippen molar-refractivity contribution < 1.29 is 9.84 Å². The van der Waals surface area contributed by atoms with Crippen molar-refractivity contribution in [1.82, 2.24) is 19.8 Å². The van der Waals surface area contributed by atoms with Crippen molar-refractivity contribution in [2.45, 2.75) is 13.0 Å². The molecule has 0 atom stereocenters. The van der Waals surface area contributed by atoms with Gasteiger partial charge in [0.2, 0.25) is 0 Å². The molecule has 0 saturated carbocycles. The molecule has 0 aliphatic carbocycles. The monoisotopic (exact) mass is 442 g/mol. The molecule has 170 valence electrons. The van der Waals surface area contributed by atoms with Crippen LogP contribution < -0.4 is 4.74 Å². The molecule has 5 rings (SSSR count). The van der Waals surface area contributed by atoms with Crippen LogP contribution in [0.3, 0.4) is 0 Å². The Balaban J connectivity index is 1.49. The number of hydrogen-bond donors (Lipinski definition) is 2. The lowest BCUT2D eigenvalue weighted by Gasteiger charge is -2.21. The van der Waals surface area contributed by atoms with Gasteiger partial charge in [0.15, 0.2) is 0 Å². The Morgan fingerprint density at radius 2 is 1.88 bits per heavy atom. The Kier molecular flexibility index (Phi) is 6.03. The molecule has 2 N–H and O–H groups in total. The quantitative estimate of drug-likeness (QED) is 0.467. The highest BCUT2D eigenvalue weighted by Crippen LogP contribution is 2.36. The average Bonchev–Trinajstić information content (AvgIpc) is 3.15. The number of fused-ring (bicyclic) bond motifs is 1. The first-order valence-corrected chi connectivity index (χ1v) is 11.5. The Labute approximate surface area is 194 Å². The van der Waals surface area contributed by atoms with Gasteiger partial charge in [-0.05, 0) is 56.4 Å². The van der Waals surface area contributed by atoms with Gasteiger partial charge in [-0.25, -0.2) is 4.98 Å². The number of likely N-dealkylation sites (N-methyl/N-ethyl adjacent to an activating group) is 1. The molecule has 2 aromatic carbocycles. The van der Waals surface area contributed by atoms with Crippen LogP contribution >= 0.6 is 0 Å². The molecule has 33 heavy (non-hydrogen) atoms. The molecule has 0 unspecified atom stereocenters. The lowest BCUT2D eigenvalue weighted by molar-refractivity contribution is 0.266. The third kappa shape index (κ3) is 4.45. The van der Waals surface area contributed by atoms with Crippen LogP contribution in [0.25, 0.3) is 33.3 Å². The van der Waals surface area contributed by atoms with E-state index in [1.807, 2.05) is 36.7 Å². The number of aromatic nitrogens is 2. The zero-order valence-corrected chi connectivity index (χ0v) is 19.2. The molecule has 0 amide bonds. The summed E-state index contributed by atoms with van der Waals surface area (Å²) in [6.45, 7) is 4.99. The predicted molar refractivity (Wildman–Crippen MR) is 133 cm³/mol. The van der Waals surface area contributed by atoms with Crippen molar-refractivity contribution in [2.24, 2.45) is 0 Å². The molecule has 1 fully saturated rings. The van der Waals surface area contributed by atoms with Crippen LogP contribution in [0.5, 0.6) is 11.5 Å². The molecular formula is C27H30N4O2. The molecule has 1 saturated heterocycles. The van der Waals surface area contributed by atoms with E-state index in [9.17, 15) is 5.11 Å². The normalized spacial score (nSPS) is 15.6. The Morgan fingerprint density at radius 1 is 1.00 bits per heavy atom. The van der Waals surface area contributed by atoms with E-state index in [1.165, 1.54) is 0 Å². The van der Waals surface area contributed by atoms with Crippen molar-refractivity contribution in [2.75, 3.05) is 40.3 Å². The van der Waals surface area contributed by atoms with E-state index in [1.54, 1.807) is 13.2 Å². The molecule has 1 aliphatic rings. The van der Waals surface area contributed by atoms with Gasteiger partial charge in [-0.2, -0.15) is 0 Å². The van der Waals surface area contributed by atoms with Crippen LogP contribution in [0, 0.1) is 0 Å². The van der Waals surface area contributed by atoms with Crippen LogP contribution in [0.4, 0.5) is 0 Å². The van der Waals surface area contributed by atoms with Crippen LogP contribution in [0.2, 0.25) is 0 Å². The van der Waals surface area contributed by atoms with Crippen LogP contribution in [-0.4, -0.2) is 65.2 Å². The first-order valence-electron chi connectivity index (χ1n) is 11.5. The molecule has 2 aromatic heterocycles. The van der Waals surface area contributed by atoms with Gasteiger partial charge in [-0.1, -0.05) is 24.3 Å². The number of phenols is 1. The third-order valence-electron chi connectivity index (χ3n) is 6.55. The summed E-state index contributed by atoms with van der Waals surface area (Å²) in [6, 6.07) is 16.1. The highest BCUT2D eigenvalue weighted by atomic mass is 16.5. The SMILES string of the molecule is COc1ccccc1-c1c[nH]c2ncc(-c3ccc(O)c(CN4CCCN(C)CC4)c3)cc12. The minimum absolute atomic E-state index is 0.349. The molecule has 0 spiro atoms.